The second-order valence-electron chi connectivity index (χ2n) is 7.17. The average molecular weight is 615 g/mol. The smallest absolute Gasteiger partial charge is 0.338 e. The maximum absolute atomic E-state index is 12.8. The average Bonchev–Trinajstić information content (AvgIpc) is 2.78. The zero-order valence-electron chi connectivity index (χ0n) is 18.6. The fourth-order valence-electron chi connectivity index (χ4n) is 3.52. The summed E-state index contributed by atoms with van der Waals surface area (Å²) < 4.78 is 23.0. The van der Waals surface area contributed by atoms with Crippen molar-refractivity contribution in [3.8, 4) is 17.6 Å². The van der Waals surface area contributed by atoms with Gasteiger partial charge in [-0.15, -0.1) is 0 Å². The molecule has 1 heterocycles. The van der Waals surface area contributed by atoms with E-state index >= 15 is 0 Å². The van der Waals surface area contributed by atoms with Gasteiger partial charge in [-0.05, 0) is 66.3 Å². The lowest BCUT2D eigenvalue weighted by molar-refractivity contribution is -0.139. The van der Waals surface area contributed by atoms with Crippen molar-refractivity contribution in [1.82, 2.24) is 0 Å². The SMILES string of the molecule is CCOC(=O)C1=C(C)OC(N)=C(C#N)C1c1cc(I)c(OCc2ccc(Cl)cc2Cl)c(OC)c1. The van der Waals surface area contributed by atoms with Crippen LogP contribution in [0.1, 0.15) is 30.9 Å². The van der Waals surface area contributed by atoms with Crippen LogP contribution in [0.4, 0.5) is 0 Å². The van der Waals surface area contributed by atoms with E-state index in [1.165, 1.54) is 7.11 Å². The maximum Gasteiger partial charge on any atom is 0.338 e. The Morgan fingerprint density at radius 3 is 2.65 bits per heavy atom. The predicted octanol–water partition coefficient (Wildman–Crippen LogP) is 5.83. The third-order valence-corrected chi connectivity index (χ3v) is 6.46. The van der Waals surface area contributed by atoms with Crippen LogP contribution in [0.5, 0.6) is 11.5 Å². The Hall–Kier alpha value is -2.61. The first-order chi connectivity index (χ1) is 16.2. The van der Waals surface area contributed by atoms with Gasteiger partial charge in [0.2, 0.25) is 5.88 Å². The standard InChI is InChI=1S/C24H21Cl2IN2O5/c1-4-32-24(30)20-12(2)34-23(29)16(10-28)21(20)14-7-18(27)22(19(8-14)31-3)33-11-13-5-6-15(25)9-17(13)26/h5-9,21H,4,11,29H2,1-3H3. The molecule has 0 saturated heterocycles. The molecular formula is C24H21Cl2IN2O5. The number of halogens is 3. The van der Waals surface area contributed by atoms with Crippen molar-refractivity contribution in [3.05, 3.63) is 77.9 Å². The van der Waals surface area contributed by atoms with Crippen LogP contribution >= 0.6 is 45.8 Å². The fourth-order valence-corrected chi connectivity index (χ4v) is 4.77. The van der Waals surface area contributed by atoms with E-state index in [-0.39, 0.29) is 36.0 Å². The van der Waals surface area contributed by atoms with Crippen LogP contribution < -0.4 is 15.2 Å². The van der Waals surface area contributed by atoms with Gasteiger partial charge in [0, 0.05) is 15.6 Å². The summed E-state index contributed by atoms with van der Waals surface area (Å²) in [6, 6.07) is 10.7. The molecule has 178 valence electrons. The molecule has 0 aromatic heterocycles. The van der Waals surface area contributed by atoms with Gasteiger partial charge in [0.15, 0.2) is 11.5 Å². The number of allylic oxidation sites excluding steroid dienone is 2. The van der Waals surface area contributed by atoms with Crippen LogP contribution in [0.2, 0.25) is 10.0 Å². The number of nitrogens with two attached hydrogens (primary N) is 1. The highest BCUT2D eigenvalue weighted by atomic mass is 127. The molecule has 1 aliphatic heterocycles. The molecule has 3 rings (SSSR count). The number of benzene rings is 2. The highest BCUT2D eigenvalue weighted by molar-refractivity contribution is 14.1. The molecule has 2 aromatic rings. The normalized spacial score (nSPS) is 15.5. The van der Waals surface area contributed by atoms with Crippen molar-refractivity contribution in [3.63, 3.8) is 0 Å². The Labute approximate surface area is 221 Å². The van der Waals surface area contributed by atoms with Gasteiger partial charge in [-0.2, -0.15) is 5.26 Å². The van der Waals surface area contributed by atoms with Gasteiger partial charge in [-0.25, -0.2) is 4.79 Å². The Balaban J connectivity index is 2.04. The summed E-state index contributed by atoms with van der Waals surface area (Å²) >= 11 is 14.3. The number of nitriles is 1. The van der Waals surface area contributed by atoms with E-state index in [0.717, 1.165) is 5.56 Å². The summed E-state index contributed by atoms with van der Waals surface area (Å²) in [5, 5.41) is 10.8. The molecule has 1 aliphatic rings. The fraction of sp³-hybridized carbons (Fsp3) is 0.250. The minimum atomic E-state index is -0.792. The lowest BCUT2D eigenvalue weighted by Gasteiger charge is -2.27. The van der Waals surface area contributed by atoms with Crippen LogP contribution in [-0.2, 0) is 20.9 Å². The molecule has 1 atom stereocenters. The maximum atomic E-state index is 12.8. The number of ether oxygens (including phenoxy) is 4. The van der Waals surface area contributed by atoms with Gasteiger partial charge < -0.3 is 24.7 Å². The molecule has 2 aromatic carbocycles. The Bertz CT molecular complexity index is 1240. The third kappa shape index (κ3) is 5.37. The molecule has 0 fully saturated rings. The summed E-state index contributed by atoms with van der Waals surface area (Å²) in [5.74, 6) is -0.276. The number of hydrogen-bond acceptors (Lipinski definition) is 7. The van der Waals surface area contributed by atoms with E-state index in [4.69, 9.17) is 47.9 Å². The van der Waals surface area contributed by atoms with Gasteiger partial charge in [0.25, 0.3) is 0 Å². The zero-order chi connectivity index (χ0) is 25.0. The van der Waals surface area contributed by atoms with Crippen LogP contribution in [0.3, 0.4) is 0 Å². The molecule has 1 unspecified atom stereocenters. The number of carbonyl (C=O) groups is 1. The van der Waals surface area contributed by atoms with E-state index in [2.05, 4.69) is 28.7 Å². The Kier molecular flexibility index (Phi) is 8.57. The summed E-state index contributed by atoms with van der Waals surface area (Å²) in [6.07, 6.45) is 0. The largest absolute Gasteiger partial charge is 0.493 e. The predicted molar refractivity (Wildman–Crippen MR) is 136 cm³/mol. The topological polar surface area (TPSA) is 104 Å². The van der Waals surface area contributed by atoms with E-state index in [9.17, 15) is 10.1 Å². The van der Waals surface area contributed by atoms with Crippen LogP contribution in [0.15, 0.2) is 53.1 Å². The van der Waals surface area contributed by atoms with Crippen molar-refractivity contribution >= 4 is 51.8 Å². The number of rotatable bonds is 7. The Morgan fingerprint density at radius 1 is 1.29 bits per heavy atom. The molecule has 2 N–H and O–H groups in total. The first-order valence-electron chi connectivity index (χ1n) is 10.1. The number of methoxy groups -OCH3 is 1. The van der Waals surface area contributed by atoms with Gasteiger partial charge >= 0.3 is 5.97 Å². The monoisotopic (exact) mass is 614 g/mol. The van der Waals surface area contributed by atoms with Crippen LogP contribution in [-0.4, -0.2) is 19.7 Å². The summed E-state index contributed by atoms with van der Waals surface area (Å²) in [7, 11) is 1.50. The number of esters is 1. The Morgan fingerprint density at radius 2 is 2.03 bits per heavy atom. The van der Waals surface area contributed by atoms with E-state index in [1.54, 1.807) is 44.2 Å². The van der Waals surface area contributed by atoms with E-state index in [1.807, 2.05) is 0 Å². The second-order valence-corrected chi connectivity index (χ2v) is 9.18. The van der Waals surface area contributed by atoms with Crippen molar-refractivity contribution in [2.75, 3.05) is 13.7 Å². The lowest BCUT2D eigenvalue weighted by Crippen LogP contribution is -2.25. The van der Waals surface area contributed by atoms with Crippen molar-refractivity contribution in [2.24, 2.45) is 5.73 Å². The van der Waals surface area contributed by atoms with Gasteiger partial charge in [-0.1, -0.05) is 29.3 Å². The summed E-state index contributed by atoms with van der Waals surface area (Å²) in [5.41, 5.74) is 7.65. The lowest BCUT2D eigenvalue weighted by atomic mass is 9.83. The molecule has 0 spiro atoms. The third-order valence-electron chi connectivity index (χ3n) is 5.07. The van der Waals surface area contributed by atoms with E-state index < -0.39 is 11.9 Å². The quantitative estimate of drug-likeness (QED) is 0.309. The highest BCUT2D eigenvalue weighted by Gasteiger charge is 2.37. The first kappa shape index (κ1) is 26.0. The number of hydrogen-bond donors (Lipinski definition) is 1. The van der Waals surface area contributed by atoms with Gasteiger partial charge in [0.1, 0.15) is 24.0 Å². The molecule has 7 nitrogen and oxygen atoms in total. The molecule has 10 heteroatoms. The molecule has 0 saturated carbocycles. The molecule has 0 amide bonds. The number of carbonyl (C=O) groups excluding carboxylic acids is 1. The molecule has 34 heavy (non-hydrogen) atoms. The number of nitrogens with zero attached hydrogens (tertiary/aromatic N) is 1. The highest BCUT2D eigenvalue weighted by Crippen LogP contribution is 2.44. The molecule has 0 radical (unpaired) electrons. The van der Waals surface area contributed by atoms with E-state index in [0.29, 0.717) is 30.7 Å². The molecule has 0 aliphatic carbocycles. The zero-order valence-corrected chi connectivity index (χ0v) is 22.2. The summed E-state index contributed by atoms with van der Waals surface area (Å²) in [6.45, 7) is 3.66. The summed E-state index contributed by atoms with van der Waals surface area (Å²) in [4.78, 5) is 12.8. The first-order valence-corrected chi connectivity index (χ1v) is 11.9. The van der Waals surface area contributed by atoms with Crippen molar-refractivity contribution < 1.29 is 23.7 Å². The van der Waals surface area contributed by atoms with Crippen molar-refractivity contribution in [2.45, 2.75) is 26.4 Å². The van der Waals surface area contributed by atoms with Crippen LogP contribution in [0, 0.1) is 14.9 Å². The minimum absolute atomic E-state index is 0.0651. The molecule has 0 bridgehead atoms. The second kappa shape index (κ2) is 11.2. The van der Waals surface area contributed by atoms with Gasteiger partial charge in [0.05, 0.1) is 28.8 Å². The minimum Gasteiger partial charge on any atom is -0.493 e. The molecular weight excluding hydrogens is 594 g/mol. The van der Waals surface area contributed by atoms with Gasteiger partial charge in [-0.3, -0.25) is 0 Å². The van der Waals surface area contributed by atoms with Crippen LogP contribution in [0.25, 0.3) is 0 Å². The van der Waals surface area contributed by atoms with Crippen molar-refractivity contribution in [1.29, 1.82) is 5.26 Å².